The average Bonchev–Trinajstić information content (AvgIpc) is 3.45. The number of furan rings is 1. The number of ether oxygens (including phenoxy) is 1. The molecule has 2 atom stereocenters. The molecule has 30 heavy (non-hydrogen) atoms. The highest BCUT2D eigenvalue weighted by Gasteiger charge is 2.33. The van der Waals surface area contributed by atoms with Crippen molar-refractivity contribution < 1.29 is 22.3 Å². The standard InChI is InChI=1S/C21H33F3N4O2/c1-2-27(16-21(22,23)24)13-18-6-9-28(14-18)20(26-12-17-7-11-29-15-17)25-8-5-19-4-3-10-30-19/h3-4,10,17-18H,2,5-9,11-16H2,1H3,(H,25,26). The minimum Gasteiger partial charge on any atom is -0.469 e. The molecule has 0 radical (unpaired) electrons. The number of hydrogen-bond donors (Lipinski definition) is 1. The Labute approximate surface area is 176 Å². The number of halogens is 3. The number of alkyl halides is 3. The summed E-state index contributed by atoms with van der Waals surface area (Å²) in [7, 11) is 0. The maximum atomic E-state index is 12.8. The average molecular weight is 431 g/mol. The van der Waals surface area contributed by atoms with Gasteiger partial charge >= 0.3 is 6.18 Å². The summed E-state index contributed by atoms with van der Waals surface area (Å²) in [6.07, 6.45) is 0.160. The fourth-order valence-corrected chi connectivity index (χ4v) is 4.06. The molecule has 3 heterocycles. The molecule has 1 N–H and O–H groups in total. The van der Waals surface area contributed by atoms with E-state index < -0.39 is 12.7 Å². The van der Waals surface area contributed by atoms with E-state index in [1.165, 1.54) is 4.90 Å². The zero-order valence-corrected chi connectivity index (χ0v) is 17.7. The van der Waals surface area contributed by atoms with Gasteiger partial charge in [-0.3, -0.25) is 9.89 Å². The van der Waals surface area contributed by atoms with Crippen molar-refractivity contribution in [2.45, 2.75) is 32.4 Å². The third-order valence-electron chi connectivity index (χ3n) is 5.71. The number of nitrogens with one attached hydrogen (secondary N) is 1. The lowest BCUT2D eigenvalue weighted by molar-refractivity contribution is -0.146. The molecule has 6 nitrogen and oxygen atoms in total. The van der Waals surface area contributed by atoms with Gasteiger partial charge in [-0.25, -0.2) is 0 Å². The molecule has 0 saturated carbocycles. The zero-order chi connectivity index (χ0) is 21.4. The summed E-state index contributed by atoms with van der Waals surface area (Å²) < 4.78 is 49.2. The number of guanidine groups is 1. The van der Waals surface area contributed by atoms with E-state index in [9.17, 15) is 13.2 Å². The maximum Gasteiger partial charge on any atom is 0.401 e. The second-order valence-electron chi connectivity index (χ2n) is 8.19. The van der Waals surface area contributed by atoms with Gasteiger partial charge in [-0.1, -0.05) is 6.92 Å². The van der Waals surface area contributed by atoms with Crippen LogP contribution >= 0.6 is 0 Å². The lowest BCUT2D eigenvalue weighted by Gasteiger charge is -2.26. The molecular weight excluding hydrogens is 397 g/mol. The highest BCUT2D eigenvalue weighted by atomic mass is 19.4. The molecule has 0 aliphatic carbocycles. The Hall–Kier alpha value is -1.74. The normalized spacial score (nSPS) is 23.0. The van der Waals surface area contributed by atoms with Crippen LogP contribution in [0.2, 0.25) is 0 Å². The molecule has 1 aromatic rings. The van der Waals surface area contributed by atoms with E-state index in [0.29, 0.717) is 32.1 Å². The van der Waals surface area contributed by atoms with Crippen molar-refractivity contribution in [3.63, 3.8) is 0 Å². The SMILES string of the molecule is CCN(CC1CCN(C(=NCC2CCOC2)NCCc2ccco2)C1)CC(F)(F)F. The van der Waals surface area contributed by atoms with Crippen molar-refractivity contribution in [2.75, 3.05) is 59.0 Å². The molecule has 170 valence electrons. The van der Waals surface area contributed by atoms with E-state index in [4.69, 9.17) is 14.1 Å². The Morgan fingerprint density at radius 1 is 1.33 bits per heavy atom. The maximum absolute atomic E-state index is 12.8. The van der Waals surface area contributed by atoms with Crippen LogP contribution in [0.3, 0.4) is 0 Å². The van der Waals surface area contributed by atoms with E-state index in [1.54, 1.807) is 13.2 Å². The molecule has 2 unspecified atom stereocenters. The van der Waals surface area contributed by atoms with E-state index >= 15 is 0 Å². The van der Waals surface area contributed by atoms with E-state index in [0.717, 1.165) is 57.3 Å². The summed E-state index contributed by atoms with van der Waals surface area (Å²) in [6, 6.07) is 3.82. The monoisotopic (exact) mass is 430 g/mol. The first-order chi connectivity index (χ1) is 14.4. The van der Waals surface area contributed by atoms with Crippen LogP contribution in [0.25, 0.3) is 0 Å². The number of nitrogens with zero attached hydrogens (tertiary/aromatic N) is 3. The first kappa shape index (κ1) is 22.9. The van der Waals surface area contributed by atoms with Crippen molar-refractivity contribution >= 4 is 5.96 Å². The van der Waals surface area contributed by atoms with Gasteiger partial charge in [-0.2, -0.15) is 13.2 Å². The van der Waals surface area contributed by atoms with Crippen molar-refractivity contribution in [3.05, 3.63) is 24.2 Å². The Morgan fingerprint density at radius 3 is 2.87 bits per heavy atom. The molecule has 2 saturated heterocycles. The molecule has 1 aromatic heterocycles. The molecule has 3 rings (SSSR count). The molecule has 0 bridgehead atoms. The summed E-state index contributed by atoms with van der Waals surface area (Å²) in [6.45, 7) is 6.28. The topological polar surface area (TPSA) is 53.2 Å². The summed E-state index contributed by atoms with van der Waals surface area (Å²) in [5.74, 6) is 2.40. The van der Waals surface area contributed by atoms with Gasteiger partial charge in [0, 0.05) is 51.7 Å². The van der Waals surface area contributed by atoms with Crippen LogP contribution < -0.4 is 5.32 Å². The van der Waals surface area contributed by atoms with Crippen LogP contribution in [0.1, 0.15) is 25.5 Å². The number of rotatable bonds is 9. The van der Waals surface area contributed by atoms with Gasteiger partial charge in [0.2, 0.25) is 0 Å². The first-order valence-electron chi connectivity index (χ1n) is 10.9. The fourth-order valence-electron chi connectivity index (χ4n) is 4.06. The third-order valence-corrected chi connectivity index (χ3v) is 5.71. The van der Waals surface area contributed by atoms with Gasteiger partial charge in [-0.15, -0.1) is 0 Å². The zero-order valence-electron chi connectivity index (χ0n) is 17.7. The predicted molar refractivity (Wildman–Crippen MR) is 109 cm³/mol. The fraction of sp³-hybridized carbons (Fsp3) is 0.762. The lowest BCUT2D eigenvalue weighted by atomic mass is 10.1. The molecule has 0 aromatic carbocycles. The van der Waals surface area contributed by atoms with Crippen LogP contribution in [0.5, 0.6) is 0 Å². The Kier molecular flexibility index (Phi) is 8.44. The third kappa shape index (κ3) is 7.50. The van der Waals surface area contributed by atoms with Gasteiger partial charge in [0.15, 0.2) is 5.96 Å². The largest absolute Gasteiger partial charge is 0.469 e. The van der Waals surface area contributed by atoms with Crippen LogP contribution in [-0.4, -0.2) is 81.0 Å². The smallest absolute Gasteiger partial charge is 0.401 e. The highest BCUT2D eigenvalue weighted by molar-refractivity contribution is 5.80. The molecule has 9 heteroatoms. The van der Waals surface area contributed by atoms with Gasteiger partial charge < -0.3 is 19.4 Å². The molecule has 2 aliphatic rings. The van der Waals surface area contributed by atoms with Crippen molar-refractivity contribution in [2.24, 2.45) is 16.8 Å². The van der Waals surface area contributed by atoms with Crippen molar-refractivity contribution in [3.8, 4) is 0 Å². The minimum absolute atomic E-state index is 0.208. The quantitative estimate of drug-likeness (QED) is 0.482. The molecule has 2 aliphatic heterocycles. The highest BCUT2D eigenvalue weighted by Crippen LogP contribution is 2.22. The summed E-state index contributed by atoms with van der Waals surface area (Å²) >= 11 is 0. The predicted octanol–water partition coefficient (Wildman–Crippen LogP) is 3.01. The molecular formula is C21H33F3N4O2. The van der Waals surface area contributed by atoms with Crippen LogP contribution in [0.4, 0.5) is 13.2 Å². The molecule has 0 spiro atoms. The number of likely N-dealkylation sites (tertiary alicyclic amines) is 1. The van der Waals surface area contributed by atoms with E-state index in [2.05, 4.69) is 10.2 Å². The molecule has 0 amide bonds. The van der Waals surface area contributed by atoms with Crippen molar-refractivity contribution in [1.82, 2.24) is 15.1 Å². The van der Waals surface area contributed by atoms with Crippen LogP contribution in [-0.2, 0) is 11.2 Å². The summed E-state index contributed by atoms with van der Waals surface area (Å²) in [5, 5.41) is 3.43. The molecule has 2 fully saturated rings. The number of hydrogen-bond acceptors (Lipinski definition) is 4. The van der Waals surface area contributed by atoms with Gasteiger partial charge in [0.25, 0.3) is 0 Å². The second kappa shape index (κ2) is 11.0. The van der Waals surface area contributed by atoms with E-state index in [1.807, 2.05) is 12.1 Å². The Bertz CT molecular complexity index is 645. The van der Waals surface area contributed by atoms with Crippen LogP contribution in [0.15, 0.2) is 27.8 Å². The minimum atomic E-state index is -4.16. The Balaban J connectivity index is 1.54. The lowest BCUT2D eigenvalue weighted by Crippen LogP contribution is -2.42. The summed E-state index contributed by atoms with van der Waals surface area (Å²) in [4.78, 5) is 8.50. The van der Waals surface area contributed by atoms with Gasteiger partial charge in [-0.05, 0) is 37.4 Å². The Morgan fingerprint density at radius 2 is 2.20 bits per heavy atom. The summed E-state index contributed by atoms with van der Waals surface area (Å²) in [5.41, 5.74) is 0. The van der Waals surface area contributed by atoms with Crippen LogP contribution in [0, 0.1) is 11.8 Å². The van der Waals surface area contributed by atoms with Crippen molar-refractivity contribution in [1.29, 1.82) is 0 Å². The number of aliphatic imine (C=N–C) groups is 1. The second-order valence-corrected chi connectivity index (χ2v) is 8.19. The first-order valence-corrected chi connectivity index (χ1v) is 10.9. The van der Waals surface area contributed by atoms with E-state index in [-0.39, 0.29) is 5.92 Å². The van der Waals surface area contributed by atoms with Gasteiger partial charge in [0.1, 0.15) is 5.76 Å². The van der Waals surface area contributed by atoms with Gasteiger partial charge in [0.05, 0.1) is 19.4 Å².